The first-order chi connectivity index (χ1) is 17.3. The summed E-state index contributed by atoms with van der Waals surface area (Å²) in [6, 6.07) is 2.73. The number of alkyl halides is 3. The van der Waals surface area contributed by atoms with E-state index in [2.05, 4.69) is 25.5 Å². The summed E-state index contributed by atoms with van der Waals surface area (Å²) in [5.41, 5.74) is -0.178. The lowest BCUT2D eigenvalue weighted by Crippen LogP contribution is -2.68. The molecule has 37 heavy (non-hydrogen) atoms. The maximum atomic E-state index is 13.8. The molecule has 4 heterocycles. The fraction of sp³-hybridized carbons (Fsp3) is 0.435. The van der Waals surface area contributed by atoms with Crippen molar-refractivity contribution in [2.75, 3.05) is 11.9 Å². The minimum atomic E-state index is -4.61. The number of anilines is 1. The predicted molar refractivity (Wildman–Crippen MR) is 123 cm³/mol. The number of morpholine rings is 1. The quantitative estimate of drug-likeness (QED) is 0.431. The molecule has 0 radical (unpaired) electrons. The molecule has 0 aliphatic carbocycles. The lowest BCUT2D eigenvalue weighted by molar-refractivity contribution is -0.230. The van der Waals surface area contributed by atoms with Gasteiger partial charge in [-0.25, -0.2) is 9.97 Å². The van der Waals surface area contributed by atoms with Crippen molar-refractivity contribution in [2.45, 2.75) is 58.0 Å². The summed E-state index contributed by atoms with van der Waals surface area (Å²) in [7, 11) is 0. The minimum absolute atomic E-state index is 0.0188. The van der Waals surface area contributed by atoms with Gasteiger partial charge in [0.15, 0.2) is 5.69 Å². The number of aliphatic hydroxyl groups is 2. The highest BCUT2D eigenvalue weighted by atomic mass is 19.4. The Hall–Kier alpha value is -3.62. The summed E-state index contributed by atoms with van der Waals surface area (Å²) in [5.74, 6) is -3.69. The van der Waals surface area contributed by atoms with Gasteiger partial charge in [-0.15, -0.1) is 4.80 Å². The first kappa shape index (κ1) is 26.4. The van der Waals surface area contributed by atoms with Gasteiger partial charge in [-0.2, -0.15) is 23.4 Å². The molecule has 0 spiro atoms. The van der Waals surface area contributed by atoms with Gasteiger partial charge in [0.1, 0.15) is 17.5 Å². The SMILES string of the molecule is Cc1ccc(-n2nccn2)c(C(=O)N2CC(C)OC(C)C2C(O)(O)Nc2ncc(C(F)(F)F)cc2C)n1. The van der Waals surface area contributed by atoms with E-state index in [-0.39, 0.29) is 29.3 Å². The maximum Gasteiger partial charge on any atom is 0.417 e. The van der Waals surface area contributed by atoms with Crippen LogP contribution in [0.3, 0.4) is 0 Å². The summed E-state index contributed by atoms with van der Waals surface area (Å²) in [4.78, 5) is 24.4. The van der Waals surface area contributed by atoms with Crippen molar-refractivity contribution in [1.82, 2.24) is 29.9 Å². The van der Waals surface area contributed by atoms with Gasteiger partial charge in [-0.3, -0.25) is 4.79 Å². The molecular weight excluding hydrogens is 495 g/mol. The van der Waals surface area contributed by atoms with Crippen LogP contribution in [0.5, 0.6) is 0 Å². The van der Waals surface area contributed by atoms with E-state index in [0.717, 1.165) is 6.07 Å². The highest BCUT2D eigenvalue weighted by Crippen LogP contribution is 2.33. The molecule has 4 rings (SSSR count). The van der Waals surface area contributed by atoms with Gasteiger partial charge in [-0.1, -0.05) is 0 Å². The van der Waals surface area contributed by atoms with E-state index in [1.54, 1.807) is 32.9 Å². The van der Waals surface area contributed by atoms with Gasteiger partial charge in [0.05, 0.1) is 30.2 Å². The zero-order chi connectivity index (χ0) is 27.1. The van der Waals surface area contributed by atoms with Crippen molar-refractivity contribution in [1.29, 1.82) is 0 Å². The molecule has 3 aromatic rings. The average molecular weight is 522 g/mol. The molecule has 198 valence electrons. The standard InChI is InChI=1S/C23H26F3N7O4/c1-12-9-16(22(24,25)26)10-27-20(12)31-23(35,36)19-15(4)37-14(3)11-32(19)21(34)18-17(6-5-13(2)30-18)33-28-7-8-29-33/h5-10,14-15,19,35-36H,11H2,1-4H3,(H,27,31). The molecule has 0 aromatic carbocycles. The van der Waals surface area contributed by atoms with Crippen LogP contribution in [-0.4, -0.2) is 76.7 Å². The van der Waals surface area contributed by atoms with Gasteiger partial charge < -0.3 is 25.2 Å². The molecule has 1 amide bonds. The van der Waals surface area contributed by atoms with Gasteiger partial charge in [0.25, 0.3) is 11.8 Å². The molecule has 1 fully saturated rings. The third-order valence-corrected chi connectivity index (χ3v) is 5.91. The Bertz CT molecular complexity index is 1280. The summed E-state index contributed by atoms with van der Waals surface area (Å²) in [6.45, 7) is 6.28. The number of carbonyl (C=O) groups excluding carboxylic acids is 1. The van der Waals surface area contributed by atoms with Crippen molar-refractivity contribution in [2.24, 2.45) is 0 Å². The molecule has 3 N–H and O–H groups in total. The number of carbonyl (C=O) groups is 1. The second-order valence-corrected chi connectivity index (χ2v) is 8.93. The number of ether oxygens (including phenoxy) is 1. The number of nitrogens with one attached hydrogen (secondary N) is 1. The van der Waals surface area contributed by atoms with Crippen LogP contribution in [0, 0.1) is 13.8 Å². The summed E-state index contributed by atoms with van der Waals surface area (Å²) in [6.07, 6.45) is -2.53. The molecule has 1 saturated heterocycles. The van der Waals surface area contributed by atoms with Crippen molar-refractivity contribution in [3.63, 3.8) is 0 Å². The fourth-order valence-electron chi connectivity index (χ4n) is 4.33. The zero-order valence-electron chi connectivity index (χ0n) is 20.4. The van der Waals surface area contributed by atoms with Crippen LogP contribution in [-0.2, 0) is 10.9 Å². The Kier molecular flexibility index (Phi) is 6.92. The molecular formula is C23H26F3N7O4. The number of hydrogen-bond acceptors (Lipinski definition) is 9. The fourth-order valence-corrected chi connectivity index (χ4v) is 4.33. The van der Waals surface area contributed by atoms with E-state index >= 15 is 0 Å². The molecule has 11 nitrogen and oxygen atoms in total. The van der Waals surface area contributed by atoms with E-state index < -0.39 is 41.8 Å². The highest BCUT2D eigenvalue weighted by Gasteiger charge is 2.50. The Morgan fingerprint density at radius 1 is 1.16 bits per heavy atom. The van der Waals surface area contributed by atoms with Gasteiger partial charge in [0.2, 0.25) is 0 Å². The number of aromatic nitrogens is 5. The predicted octanol–water partition coefficient (Wildman–Crippen LogP) is 2.06. The monoisotopic (exact) mass is 521 g/mol. The number of hydrogen-bond donors (Lipinski definition) is 3. The minimum Gasteiger partial charge on any atom is -0.371 e. The number of halogens is 3. The van der Waals surface area contributed by atoms with Crippen molar-refractivity contribution < 1.29 is 32.9 Å². The average Bonchev–Trinajstić information content (AvgIpc) is 3.33. The van der Waals surface area contributed by atoms with Crippen LogP contribution in [0.25, 0.3) is 5.69 Å². The Balaban J connectivity index is 1.71. The van der Waals surface area contributed by atoms with Crippen LogP contribution in [0.1, 0.15) is 41.2 Å². The Morgan fingerprint density at radius 2 is 1.84 bits per heavy atom. The van der Waals surface area contributed by atoms with E-state index in [4.69, 9.17) is 4.74 Å². The molecule has 1 aliphatic rings. The number of aryl methyl sites for hydroxylation is 2. The first-order valence-electron chi connectivity index (χ1n) is 11.4. The van der Waals surface area contributed by atoms with Crippen molar-refractivity contribution in [3.05, 3.63) is 59.3 Å². The van der Waals surface area contributed by atoms with E-state index in [9.17, 15) is 28.2 Å². The van der Waals surface area contributed by atoms with E-state index in [0.29, 0.717) is 11.9 Å². The summed E-state index contributed by atoms with van der Waals surface area (Å²) >= 11 is 0. The van der Waals surface area contributed by atoms with Crippen molar-refractivity contribution in [3.8, 4) is 5.69 Å². The van der Waals surface area contributed by atoms with Crippen LogP contribution in [0.2, 0.25) is 0 Å². The number of amides is 1. The smallest absolute Gasteiger partial charge is 0.371 e. The lowest BCUT2D eigenvalue weighted by atomic mass is 10.0. The second kappa shape index (κ2) is 9.68. The van der Waals surface area contributed by atoms with Gasteiger partial charge in [0, 0.05) is 18.4 Å². The number of pyridine rings is 2. The Morgan fingerprint density at radius 3 is 2.46 bits per heavy atom. The molecule has 14 heteroatoms. The van der Waals surface area contributed by atoms with Crippen LogP contribution >= 0.6 is 0 Å². The molecule has 0 saturated carbocycles. The third-order valence-electron chi connectivity index (χ3n) is 5.91. The van der Waals surface area contributed by atoms with Gasteiger partial charge in [-0.05, 0) is 51.5 Å². The highest BCUT2D eigenvalue weighted by molar-refractivity contribution is 5.96. The molecule has 3 unspecified atom stereocenters. The second-order valence-electron chi connectivity index (χ2n) is 8.93. The maximum absolute atomic E-state index is 13.8. The van der Waals surface area contributed by atoms with Crippen LogP contribution < -0.4 is 5.32 Å². The summed E-state index contributed by atoms with van der Waals surface area (Å²) in [5, 5.41) is 32.8. The molecule has 0 bridgehead atoms. The summed E-state index contributed by atoms with van der Waals surface area (Å²) < 4.78 is 44.9. The first-order valence-corrected chi connectivity index (χ1v) is 11.4. The number of nitrogens with zero attached hydrogens (tertiary/aromatic N) is 6. The van der Waals surface area contributed by atoms with Crippen LogP contribution in [0.4, 0.5) is 19.0 Å². The Labute approximate surface area is 209 Å². The molecule has 1 aliphatic heterocycles. The van der Waals surface area contributed by atoms with E-state index in [1.165, 1.54) is 29.0 Å². The van der Waals surface area contributed by atoms with Crippen LogP contribution in [0.15, 0.2) is 36.8 Å². The molecule has 3 atom stereocenters. The normalized spacial score (nSPS) is 20.7. The topological polar surface area (TPSA) is 139 Å². The lowest BCUT2D eigenvalue weighted by Gasteiger charge is -2.47. The third kappa shape index (κ3) is 5.40. The largest absolute Gasteiger partial charge is 0.417 e. The van der Waals surface area contributed by atoms with Gasteiger partial charge >= 0.3 is 6.18 Å². The molecule has 3 aromatic heterocycles. The van der Waals surface area contributed by atoms with E-state index in [1.807, 2.05) is 0 Å². The zero-order valence-corrected chi connectivity index (χ0v) is 20.4. The number of rotatable bonds is 5. The van der Waals surface area contributed by atoms with Crippen molar-refractivity contribution >= 4 is 11.7 Å².